The molecular formula is C15H18ClN5. The van der Waals surface area contributed by atoms with Gasteiger partial charge in [0, 0.05) is 38.1 Å². The Morgan fingerprint density at radius 2 is 2.19 bits per heavy atom. The molecular weight excluding hydrogens is 286 g/mol. The summed E-state index contributed by atoms with van der Waals surface area (Å²) in [5.74, 6) is 2.08. The number of hydrogen-bond acceptors (Lipinski definition) is 4. The largest absolute Gasteiger partial charge is 0.347 e. The first-order chi connectivity index (χ1) is 10.3. The van der Waals surface area contributed by atoms with Crippen molar-refractivity contribution in [3.05, 3.63) is 41.1 Å². The predicted octanol–water partition coefficient (Wildman–Crippen LogP) is 2.20. The Morgan fingerprint density at radius 3 is 3.05 bits per heavy atom. The van der Waals surface area contributed by atoms with Crippen LogP contribution in [0.15, 0.2) is 24.5 Å². The highest BCUT2D eigenvalue weighted by Gasteiger charge is 2.22. The Morgan fingerprint density at radius 1 is 1.29 bits per heavy atom. The van der Waals surface area contributed by atoms with Gasteiger partial charge in [0.15, 0.2) is 0 Å². The van der Waals surface area contributed by atoms with E-state index in [2.05, 4.69) is 19.8 Å². The average Bonchev–Trinajstić information content (AvgIpc) is 3.21. The third-order valence-corrected chi connectivity index (χ3v) is 4.45. The summed E-state index contributed by atoms with van der Waals surface area (Å²) in [6, 6.07) is 4.62. The summed E-state index contributed by atoms with van der Waals surface area (Å²) >= 11 is 6.27. The van der Waals surface area contributed by atoms with Gasteiger partial charge in [0.1, 0.15) is 11.6 Å². The van der Waals surface area contributed by atoms with E-state index in [9.17, 15) is 0 Å². The molecule has 0 radical (unpaired) electrons. The van der Waals surface area contributed by atoms with Gasteiger partial charge in [-0.15, -0.1) is 0 Å². The van der Waals surface area contributed by atoms with Crippen molar-refractivity contribution in [3.63, 3.8) is 0 Å². The fourth-order valence-electron chi connectivity index (χ4n) is 2.67. The van der Waals surface area contributed by atoms with Gasteiger partial charge in [-0.3, -0.25) is 0 Å². The molecule has 0 unspecified atom stereocenters. The van der Waals surface area contributed by atoms with Crippen LogP contribution in [0.4, 0.5) is 5.82 Å². The Kier molecular flexibility index (Phi) is 3.31. The van der Waals surface area contributed by atoms with E-state index in [1.165, 1.54) is 12.8 Å². The molecule has 1 aliphatic carbocycles. The molecule has 0 saturated heterocycles. The topological polar surface area (TPSA) is 46.0 Å². The number of hydrogen-bond donors (Lipinski definition) is 1. The van der Waals surface area contributed by atoms with Gasteiger partial charge in [-0.1, -0.05) is 11.6 Å². The molecule has 110 valence electrons. The van der Waals surface area contributed by atoms with Crippen molar-refractivity contribution in [3.8, 4) is 0 Å². The van der Waals surface area contributed by atoms with Crippen LogP contribution >= 0.6 is 11.6 Å². The van der Waals surface area contributed by atoms with Crippen LogP contribution in [0.25, 0.3) is 0 Å². The lowest BCUT2D eigenvalue weighted by atomic mass is 10.3. The van der Waals surface area contributed by atoms with E-state index in [-0.39, 0.29) is 0 Å². The molecule has 3 heterocycles. The summed E-state index contributed by atoms with van der Waals surface area (Å²) in [5.41, 5.74) is 0.940. The monoisotopic (exact) mass is 303 g/mol. The fraction of sp³-hybridized carbons (Fsp3) is 0.467. The Bertz CT molecular complexity index is 649. The smallest absolute Gasteiger partial charge is 0.129 e. The lowest BCUT2D eigenvalue weighted by Crippen LogP contribution is -2.34. The fourth-order valence-corrected chi connectivity index (χ4v) is 2.84. The third-order valence-electron chi connectivity index (χ3n) is 4.11. The van der Waals surface area contributed by atoms with Crippen LogP contribution in [0.2, 0.25) is 5.02 Å². The van der Waals surface area contributed by atoms with Crippen LogP contribution in [-0.4, -0.2) is 27.1 Å². The lowest BCUT2D eigenvalue weighted by molar-refractivity contribution is 0.555. The summed E-state index contributed by atoms with van der Waals surface area (Å²) in [5, 5.41) is 4.21. The van der Waals surface area contributed by atoms with Gasteiger partial charge >= 0.3 is 0 Å². The highest BCUT2D eigenvalue weighted by atomic mass is 35.5. The number of rotatable bonds is 4. The molecule has 1 aliphatic heterocycles. The second-order valence-electron chi connectivity index (χ2n) is 5.71. The molecule has 2 aromatic heterocycles. The Balaban J connectivity index is 1.53. The first-order valence-electron chi connectivity index (χ1n) is 7.43. The molecule has 4 rings (SSSR count). The molecule has 1 saturated carbocycles. The SMILES string of the molecule is Clc1ccc(N2CCn3ccnc3C2)nc1CNC1CC1. The van der Waals surface area contributed by atoms with E-state index in [0.29, 0.717) is 6.04 Å². The molecule has 0 atom stereocenters. The maximum atomic E-state index is 6.27. The van der Waals surface area contributed by atoms with E-state index in [1.807, 2.05) is 24.5 Å². The number of nitrogens with one attached hydrogen (secondary N) is 1. The second-order valence-corrected chi connectivity index (χ2v) is 6.12. The van der Waals surface area contributed by atoms with E-state index in [4.69, 9.17) is 16.6 Å². The van der Waals surface area contributed by atoms with Crippen molar-refractivity contribution >= 4 is 17.4 Å². The van der Waals surface area contributed by atoms with Gasteiger partial charge in [0.25, 0.3) is 0 Å². The molecule has 0 amide bonds. The van der Waals surface area contributed by atoms with Crippen molar-refractivity contribution in [2.24, 2.45) is 0 Å². The Hall–Kier alpha value is -1.59. The highest BCUT2D eigenvalue weighted by Crippen LogP contribution is 2.24. The molecule has 2 aliphatic rings. The van der Waals surface area contributed by atoms with E-state index in [1.54, 1.807) is 0 Å². The highest BCUT2D eigenvalue weighted by molar-refractivity contribution is 6.31. The average molecular weight is 304 g/mol. The predicted molar refractivity (Wildman–Crippen MR) is 82.4 cm³/mol. The number of halogens is 1. The third kappa shape index (κ3) is 2.76. The number of aromatic nitrogens is 3. The Labute approximate surface area is 129 Å². The normalized spacial score (nSPS) is 17.9. The van der Waals surface area contributed by atoms with E-state index < -0.39 is 0 Å². The number of anilines is 1. The second kappa shape index (κ2) is 5.31. The molecule has 1 fully saturated rings. The van der Waals surface area contributed by atoms with E-state index >= 15 is 0 Å². The quantitative estimate of drug-likeness (QED) is 0.940. The number of fused-ring (bicyclic) bond motifs is 1. The number of nitrogens with zero attached hydrogens (tertiary/aromatic N) is 4. The standard InChI is InChI=1S/C15H18ClN5/c16-12-3-4-14(19-13(12)9-18-11-1-2-11)21-8-7-20-6-5-17-15(20)10-21/h3-6,11,18H,1-2,7-10H2. The molecule has 0 spiro atoms. The van der Waals surface area contributed by atoms with Crippen LogP contribution in [0.1, 0.15) is 24.4 Å². The van der Waals surface area contributed by atoms with Gasteiger partial charge in [-0.25, -0.2) is 9.97 Å². The lowest BCUT2D eigenvalue weighted by Gasteiger charge is -2.29. The van der Waals surface area contributed by atoms with Gasteiger partial charge in [-0.2, -0.15) is 0 Å². The first kappa shape index (κ1) is 13.1. The number of pyridine rings is 1. The van der Waals surface area contributed by atoms with Crippen LogP contribution < -0.4 is 10.2 Å². The van der Waals surface area contributed by atoms with Crippen molar-refractivity contribution < 1.29 is 0 Å². The molecule has 1 N–H and O–H groups in total. The number of imidazole rings is 1. The molecule has 6 heteroatoms. The zero-order valence-electron chi connectivity index (χ0n) is 11.8. The van der Waals surface area contributed by atoms with Crippen molar-refractivity contribution in [2.75, 3.05) is 11.4 Å². The maximum absolute atomic E-state index is 6.27. The molecule has 2 aromatic rings. The van der Waals surface area contributed by atoms with Crippen molar-refractivity contribution in [2.45, 2.75) is 38.5 Å². The summed E-state index contributed by atoms with van der Waals surface area (Å²) in [6.07, 6.45) is 6.43. The van der Waals surface area contributed by atoms with Gasteiger partial charge in [-0.05, 0) is 25.0 Å². The summed E-state index contributed by atoms with van der Waals surface area (Å²) in [7, 11) is 0. The van der Waals surface area contributed by atoms with Crippen molar-refractivity contribution in [1.29, 1.82) is 0 Å². The summed E-state index contributed by atoms with van der Waals surface area (Å²) in [4.78, 5) is 11.4. The summed E-state index contributed by atoms with van der Waals surface area (Å²) in [6.45, 7) is 3.46. The van der Waals surface area contributed by atoms with Crippen LogP contribution in [0.5, 0.6) is 0 Å². The maximum Gasteiger partial charge on any atom is 0.129 e. The first-order valence-corrected chi connectivity index (χ1v) is 7.81. The minimum absolute atomic E-state index is 0.661. The minimum atomic E-state index is 0.661. The van der Waals surface area contributed by atoms with Gasteiger partial charge in [0.05, 0.1) is 17.3 Å². The zero-order valence-corrected chi connectivity index (χ0v) is 12.6. The minimum Gasteiger partial charge on any atom is -0.347 e. The van der Waals surface area contributed by atoms with Gasteiger partial charge < -0.3 is 14.8 Å². The van der Waals surface area contributed by atoms with Crippen LogP contribution in [0, 0.1) is 0 Å². The summed E-state index contributed by atoms with van der Waals surface area (Å²) < 4.78 is 2.20. The molecule has 0 bridgehead atoms. The molecule has 21 heavy (non-hydrogen) atoms. The van der Waals surface area contributed by atoms with Crippen LogP contribution in [0.3, 0.4) is 0 Å². The molecule has 0 aromatic carbocycles. The zero-order chi connectivity index (χ0) is 14.2. The van der Waals surface area contributed by atoms with Gasteiger partial charge in [0.2, 0.25) is 0 Å². The van der Waals surface area contributed by atoms with Crippen molar-refractivity contribution in [1.82, 2.24) is 19.9 Å². The van der Waals surface area contributed by atoms with E-state index in [0.717, 1.165) is 48.5 Å². The molecule has 5 nitrogen and oxygen atoms in total. The van der Waals surface area contributed by atoms with Crippen LogP contribution in [-0.2, 0) is 19.6 Å².